The number of halogens is 3. The molecule has 2 heterocycles. The number of thiophene rings is 1. The Bertz CT molecular complexity index is 866. The van der Waals surface area contributed by atoms with Crippen LogP contribution in [0.4, 0.5) is 5.00 Å². The molecule has 1 amide bonds. The smallest absolute Gasteiger partial charge is 0.256 e. The van der Waals surface area contributed by atoms with E-state index in [4.69, 9.17) is 0 Å². The van der Waals surface area contributed by atoms with Gasteiger partial charge in [0.2, 0.25) is 0 Å². The summed E-state index contributed by atoms with van der Waals surface area (Å²) in [7, 11) is 0. The standard InChI is InChI=1S/C16H13Br3N2O2S/c17-7-5-8(18)13(22)12(19)11(7)14-20-15(23)10-6-3-1-2-4-9(6)24-16(10)21-14/h5,14,21-22H,1-4H2,(H,20,23). The molecule has 0 bridgehead atoms. The lowest BCUT2D eigenvalue weighted by Crippen LogP contribution is -2.38. The molecule has 8 heteroatoms. The summed E-state index contributed by atoms with van der Waals surface area (Å²) in [6, 6.07) is 1.78. The van der Waals surface area contributed by atoms with Crippen LogP contribution in [0.1, 0.15) is 45.4 Å². The summed E-state index contributed by atoms with van der Waals surface area (Å²) in [5.74, 6) is 0.0647. The Morgan fingerprint density at radius 1 is 1.12 bits per heavy atom. The molecule has 0 radical (unpaired) electrons. The molecule has 0 saturated carbocycles. The molecule has 2 aromatic rings. The van der Waals surface area contributed by atoms with Crippen molar-refractivity contribution in [1.29, 1.82) is 0 Å². The van der Waals surface area contributed by atoms with Crippen LogP contribution in [0.2, 0.25) is 0 Å². The van der Waals surface area contributed by atoms with Gasteiger partial charge in [0.25, 0.3) is 5.91 Å². The Morgan fingerprint density at radius 2 is 1.88 bits per heavy atom. The first-order valence-corrected chi connectivity index (χ1v) is 10.7. The van der Waals surface area contributed by atoms with E-state index in [2.05, 4.69) is 58.4 Å². The summed E-state index contributed by atoms with van der Waals surface area (Å²) >= 11 is 12.0. The van der Waals surface area contributed by atoms with Crippen LogP contribution in [0.25, 0.3) is 0 Å². The number of fused-ring (bicyclic) bond motifs is 3. The second-order valence-corrected chi connectivity index (χ2v) is 9.49. The van der Waals surface area contributed by atoms with E-state index >= 15 is 0 Å². The van der Waals surface area contributed by atoms with Gasteiger partial charge in [-0.25, -0.2) is 0 Å². The fourth-order valence-corrected chi connectivity index (χ4v) is 7.18. The van der Waals surface area contributed by atoms with Crippen molar-refractivity contribution in [1.82, 2.24) is 5.32 Å². The number of phenolic OH excluding ortho intramolecular Hbond substituents is 1. The minimum atomic E-state index is -0.409. The molecule has 1 aromatic carbocycles. The molecule has 1 aromatic heterocycles. The molecule has 1 aliphatic carbocycles. The molecular weight excluding hydrogens is 524 g/mol. The van der Waals surface area contributed by atoms with Crippen molar-refractivity contribution in [2.24, 2.45) is 0 Å². The average Bonchev–Trinajstić information content (AvgIpc) is 2.91. The van der Waals surface area contributed by atoms with Gasteiger partial charge < -0.3 is 15.7 Å². The van der Waals surface area contributed by atoms with Crippen molar-refractivity contribution < 1.29 is 9.90 Å². The van der Waals surface area contributed by atoms with Crippen LogP contribution in [0.5, 0.6) is 5.75 Å². The SMILES string of the molecule is O=C1NC(c2c(Br)cc(Br)c(O)c2Br)Nc2sc3c(c21)CCCC3. The average molecular weight is 537 g/mol. The quantitative estimate of drug-likeness (QED) is 0.453. The van der Waals surface area contributed by atoms with Gasteiger partial charge in [0, 0.05) is 14.9 Å². The van der Waals surface area contributed by atoms with E-state index in [0.717, 1.165) is 39.9 Å². The normalized spacial score (nSPS) is 19.3. The maximum absolute atomic E-state index is 12.7. The number of nitrogens with one attached hydrogen (secondary N) is 2. The number of hydrogen-bond donors (Lipinski definition) is 3. The van der Waals surface area contributed by atoms with Gasteiger partial charge in [0.15, 0.2) is 0 Å². The summed E-state index contributed by atoms with van der Waals surface area (Å²) < 4.78 is 1.92. The number of anilines is 1. The van der Waals surface area contributed by atoms with E-state index in [1.807, 2.05) is 0 Å². The Balaban J connectivity index is 1.78. The van der Waals surface area contributed by atoms with Gasteiger partial charge in [-0.15, -0.1) is 11.3 Å². The molecule has 0 saturated heterocycles. The molecular formula is C16H13Br3N2O2S. The third-order valence-corrected chi connectivity index (χ3v) is 7.71. The number of hydrogen-bond acceptors (Lipinski definition) is 4. The minimum Gasteiger partial charge on any atom is -0.506 e. The topological polar surface area (TPSA) is 61.4 Å². The number of carbonyl (C=O) groups excluding carboxylic acids is 1. The molecule has 24 heavy (non-hydrogen) atoms. The van der Waals surface area contributed by atoms with Crippen molar-refractivity contribution in [3.8, 4) is 5.75 Å². The number of aryl methyl sites for hydroxylation is 1. The lowest BCUT2D eigenvalue weighted by Gasteiger charge is -2.28. The van der Waals surface area contributed by atoms with Crippen molar-refractivity contribution in [3.63, 3.8) is 0 Å². The molecule has 4 rings (SSSR count). The van der Waals surface area contributed by atoms with Gasteiger partial charge >= 0.3 is 0 Å². The first kappa shape index (κ1) is 16.9. The maximum Gasteiger partial charge on any atom is 0.256 e. The van der Waals surface area contributed by atoms with E-state index < -0.39 is 6.17 Å². The highest BCUT2D eigenvalue weighted by atomic mass is 79.9. The Hall–Kier alpha value is -0.570. The van der Waals surface area contributed by atoms with Crippen LogP contribution in [0, 0.1) is 0 Å². The van der Waals surface area contributed by atoms with E-state index in [-0.39, 0.29) is 11.7 Å². The molecule has 1 aliphatic heterocycles. The number of carbonyl (C=O) groups is 1. The van der Waals surface area contributed by atoms with Crippen LogP contribution in [-0.4, -0.2) is 11.0 Å². The monoisotopic (exact) mass is 534 g/mol. The summed E-state index contributed by atoms with van der Waals surface area (Å²) in [5.41, 5.74) is 2.78. The number of amides is 1. The maximum atomic E-state index is 12.7. The van der Waals surface area contributed by atoms with Crippen LogP contribution in [0.15, 0.2) is 19.5 Å². The van der Waals surface area contributed by atoms with Crippen molar-refractivity contribution in [3.05, 3.63) is 41.1 Å². The molecule has 126 valence electrons. The van der Waals surface area contributed by atoms with Gasteiger partial charge in [-0.1, -0.05) is 15.9 Å². The Kier molecular flexibility index (Phi) is 4.43. The van der Waals surface area contributed by atoms with Crippen LogP contribution in [0.3, 0.4) is 0 Å². The zero-order chi connectivity index (χ0) is 17.0. The van der Waals surface area contributed by atoms with Crippen LogP contribution >= 0.6 is 59.1 Å². The number of rotatable bonds is 1. The van der Waals surface area contributed by atoms with Crippen molar-refractivity contribution >= 4 is 70.0 Å². The van der Waals surface area contributed by atoms with Gasteiger partial charge in [0.1, 0.15) is 16.9 Å². The second-order valence-electron chi connectivity index (χ2n) is 5.88. The lowest BCUT2D eigenvalue weighted by molar-refractivity contribution is 0.0935. The molecule has 2 aliphatic rings. The van der Waals surface area contributed by atoms with E-state index in [9.17, 15) is 9.90 Å². The van der Waals surface area contributed by atoms with Crippen molar-refractivity contribution in [2.75, 3.05) is 5.32 Å². The predicted octanol–water partition coefficient (Wildman–Crippen LogP) is 5.47. The first-order valence-electron chi connectivity index (χ1n) is 7.55. The van der Waals surface area contributed by atoms with Crippen LogP contribution in [-0.2, 0) is 12.8 Å². The third kappa shape index (κ3) is 2.62. The van der Waals surface area contributed by atoms with E-state index in [1.165, 1.54) is 16.9 Å². The molecule has 0 fully saturated rings. The summed E-state index contributed by atoms with van der Waals surface area (Å²) in [6.07, 6.45) is 3.96. The number of phenols is 1. The zero-order valence-corrected chi connectivity index (χ0v) is 18.0. The van der Waals surface area contributed by atoms with Crippen molar-refractivity contribution in [2.45, 2.75) is 31.8 Å². The minimum absolute atomic E-state index is 0.0469. The molecule has 3 N–H and O–H groups in total. The van der Waals surface area contributed by atoms with Gasteiger partial charge in [0.05, 0.1) is 14.5 Å². The number of benzene rings is 1. The fourth-order valence-electron chi connectivity index (χ4n) is 3.28. The second kappa shape index (κ2) is 6.30. The predicted molar refractivity (Wildman–Crippen MR) is 106 cm³/mol. The van der Waals surface area contributed by atoms with Gasteiger partial charge in [-0.2, -0.15) is 0 Å². The highest BCUT2D eigenvalue weighted by molar-refractivity contribution is 9.11. The largest absolute Gasteiger partial charge is 0.506 e. The highest BCUT2D eigenvalue weighted by Crippen LogP contribution is 2.46. The molecule has 1 atom stereocenters. The third-order valence-electron chi connectivity index (χ3n) is 4.42. The summed E-state index contributed by atoms with van der Waals surface area (Å²) in [4.78, 5) is 14.1. The highest BCUT2D eigenvalue weighted by Gasteiger charge is 2.34. The molecule has 1 unspecified atom stereocenters. The number of aromatic hydroxyl groups is 1. The fraction of sp³-hybridized carbons (Fsp3) is 0.312. The summed E-state index contributed by atoms with van der Waals surface area (Å²) in [6.45, 7) is 0. The first-order chi connectivity index (χ1) is 11.5. The van der Waals surface area contributed by atoms with Gasteiger partial charge in [-0.05, 0) is 69.2 Å². The lowest BCUT2D eigenvalue weighted by atomic mass is 9.94. The van der Waals surface area contributed by atoms with E-state index in [0.29, 0.717) is 8.95 Å². The molecule has 4 nitrogen and oxygen atoms in total. The van der Waals surface area contributed by atoms with Gasteiger partial charge in [-0.3, -0.25) is 4.79 Å². The Labute approximate surface area is 168 Å². The zero-order valence-electron chi connectivity index (χ0n) is 12.4. The molecule has 0 spiro atoms. The summed E-state index contributed by atoms with van der Waals surface area (Å²) in [5, 5.41) is 17.6. The van der Waals surface area contributed by atoms with E-state index in [1.54, 1.807) is 17.4 Å². The Morgan fingerprint density at radius 3 is 2.67 bits per heavy atom. The van der Waals surface area contributed by atoms with Crippen LogP contribution < -0.4 is 10.6 Å².